The molecule has 3 rings (SSSR count). The number of halogens is 2. The van der Waals surface area contributed by atoms with E-state index in [-0.39, 0.29) is 5.54 Å². The third-order valence-electron chi connectivity index (χ3n) is 4.83. The van der Waals surface area contributed by atoms with E-state index in [1.807, 2.05) is 12.1 Å². The van der Waals surface area contributed by atoms with Crippen LogP contribution in [0.2, 0.25) is 5.02 Å². The van der Waals surface area contributed by atoms with Gasteiger partial charge >= 0.3 is 0 Å². The summed E-state index contributed by atoms with van der Waals surface area (Å²) in [5.74, 6) is 2.44. The van der Waals surface area contributed by atoms with Gasteiger partial charge in [0.25, 0.3) is 0 Å². The van der Waals surface area contributed by atoms with Gasteiger partial charge in [0.1, 0.15) is 5.75 Å². The molecule has 2 unspecified atom stereocenters. The van der Waals surface area contributed by atoms with Crippen LogP contribution in [-0.2, 0) is 13.0 Å². The highest BCUT2D eigenvalue weighted by atomic mass is 35.5. The second-order valence-corrected chi connectivity index (χ2v) is 7.32. The summed E-state index contributed by atoms with van der Waals surface area (Å²) in [6.07, 6.45) is 5.84. The van der Waals surface area contributed by atoms with Crippen molar-refractivity contribution in [3.8, 4) is 5.75 Å². The van der Waals surface area contributed by atoms with Crippen LogP contribution in [0.15, 0.2) is 12.1 Å². The highest BCUT2D eigenvalue weighted by Gasteiger charge is 2.34. The van der Waals surface area contributed by atoms with Crippen molar-refractivity contribution in [1.29, 1.82) is 0 Å². The van der Waals surface area contributed by atoms with Crippen LogP contribution in [-0.4, -0.2) is 18.0 Å². The molecule has 0 amide bonds. The molecule has 1 aliphatic heterocycles. The van der Waals surface area contributed by atoms with Crippen molar-refractivity contribution < 1.29 is 4.74 Å². The first-order chi connectivity index (χ1) is 10.1. The first-order valence-corrected chi connectivity index (χ1v) is 8.78. The van der Waals surface area contributed by atoms with Crippen molar-refractivity contribution in [3.63, 3.8) is 0 Å². The number of benzene rings is 1. The lowest BCUT2D eigenvalue weighted by Crippen LogP contribution is -2.49. The van der Waals surface area contributed by atoms with Gasteiger partial charge in [0.2, 0.25) is 0 Å². The van der Waals surface area contributed by atoms with Crippen molar-refractivity contribution in [2.45, 2.75) is 51.1 Å². The van der Waals surface area contributed by atoms with Gasteiger partial charge in [-0.3, -0.25) is 0 Å². The average molecular weight is 328 g/mol. The molecule has 2 atom stereocenters. The summed E-state index contributed by atoms with van der Waals surface area (Å²) in [5, 5.41) is 4.52. The van der Waals surface area contributed by atoms with Crippen LogP contribution in [0.1, 0.15) is 43.7 Å². The van der Waals surface area contributed by atoms with E-state index in [1.165, 1.54) is 18.4 Å². The van der Waals surface area contributed by atoms with Crippen molar-refractivity contribution in [2.24, 2.45) is 5.92 Å². The summed E-state index contributed by atoms with van der Waals surface area (Å²) in [7, 11) is 0. The highest BCUT2D eigenvalue weighted by molar-refractivity contribution is 6.30. The van der Waals surface area contributed by atoms with Crippen LogP contribution in [0.25, 0.3) is 0 Å². The van der Waals surface area contributed by atoms with Gasteiger partial charge in [-0.05, 0) is 36.5 Å². The minimum Gasteiger partial charge on any atom is -0.493 e. The fourth-order valence-electron chi connectivity index (χ4n) is 3.75. The molecule has 0 saturated heterocycles. The van der Waals surface area contributed by atoms with Gasteiger partial charge < -0.3 is 10.1 Å². The molecule has 21 heavy (non-hydrogen) atoms. The quantitative estimate of drug-likeness (QED) is 0.819. The molecule has 1 heterocycles. The molecule has 0 aromatic heterocycles. The smallest absolute Gasteiger partial charge is 0.127 e. The maximum Gasteiger partial charge on any atom is 0.127 e. The van der Waals surface area contributed by atoms with Gasteiger partial charge in [-0.2, -0.15) is 0 Å². The zero-order valence-electron chi connectivity index (χ0n) is 12.6. The lowest BCUT2D eigenvalue weighted by atomic mass is 9.77. The highest BCUT2D eigenvalue weighted by Crippen LogP contribution is 2.36. The predicted octanol–water partition coefficient (Wildman–Crippen LogP) is 4.55. The Morgan fingerprint density at radius 3 is 3.05 bits per heavy atom. The number of hydrogen-bond acceptors (Lipinski definition) is 2. The Balaban J connectivity index is 1.75. The summed E-state index contributed by atoms with van der Waals surface area (Å²) >= 11 is 12.5. The molecule has 2 nitrogen and oxygen atoms in total. The van der Waals surface area contributed by atoms with Crippen LogP contribution < -0.4 is 10.1 Å². The van der Waals surface area contributed by atoms with E-state index in [4.69, 9.17) is 27.9 Å². The van der Waals surface area contributed by atoms with E-state index in [1.54, 1.807) is 0 Å². The number of rotatable bonds is 4. The normalized spacial score (nSPS) is 28.2. The largest absolute Gasteiger partial charge is 0.493 e. The minimum absolute atomic E-state index is 0.0625. The molecule has 0 spiro atoms. The average Bonchev–Trinajstić information content (AvgIpc) is 2.93. The Labute approximate surface area is 137 Å². The molecule has 116 valence electrons. The topological polar surface area (TPSA) is 21.3 Å². The van der Waals surface area contributed by atoms with Crippen molar-refractivity contribution >= 4 is 23.2 Å². The Morgan fingerprint density at radius 1 is 1.43 bits per heavy atom. The SMILES string of the molecule is CC1CCCC(CCl)(NCc2cc(Cl)cc3c2OCC3)C1. The molecule has 0 bridgehead atoms. The third kappa shape index (κ3) is 3.33. The Kier molecular flexibility index (Phi) is 4.68. The lowest BCUT2D eigenvalue weighted by molar-refractivity contribution is 0.207. The fourth-order valence-corrected chi connectivity index (χ4v) is 4.35. The van der Waals surface area contributed by atoms with Crippen LogP contribution in [0, 0.1) is 5.92 Å². The number of nitrogens with one attached hydrogen (secondary N) is 1. The van der Waals surface area contributed by atoms with Gasteiger partial charge in [0.15, 0.2) is 0 Å². The van der Waals surface area contributed by atoms with Gasteiger partial charge in [-0.15, -0.1) is 11.6 Å². The minimum atomic E-state index is 0.0625. The fraction of sp³-hybridized carbons (Fsp3) is 0.647. The van der Waals surface area contributed by atoms with Gasteiger partial charge in [0.05, 0.1) is 6.61 Å². The zero-order chi connectivity index (χ0) is 14.9. The molecule has 1 aliphatic carbocycles. The maximum absolute atomic E-state index is 6.30. The van der Waals surface area contributed by atoms with E-state index in [2.05, 4.69) is 12.2 Å². The molecule has 1 N–H and O–H groups in total. The summed E-state index contributed by atoms with van der Waals surface area (Å²) in [6.45, 7) is 3.87. The third-order valence-corrected chi connectivity index (χ3v) is 5.56. The number of ether oxygens (including phenoxy) is 1. The summed E-state index contributed by atoms with van der Waals surface area (Å²) < 4.78 is 5.78. The number of hydrogen-bond donors (Lipinski definition) is 1. The molecule has 1 aromatic carbocycles. The summed E-state index contributed by atoms with van der Waals surface area (Å²) in [6, 6.07) is 4.04. The molecule has 2 aliphatic rings. The molecule has 0 radical (unpaired) electrons. The Hall–Kier alpha value is -0.440. The van der Waals surface area contributed by atoms with E-state index in [9.17, 15) is 0 Å². The second kappa shape index (κ2) is 6.36. The van der Waals surface area contributed by atoms with Gasteiger partial charge in [-0.1, -0.05) is 31.4 Å². The van der Waals surface area contributed by atoms with E-state index < -0.39 is 0 Å². The van der Waals surface area contributed by atoms with Crippen LogP contribution in [0.4, 0.5) is 0 Å². The van der Waals surface area contributed by atoms with Crippen LogP contribution in [0.5, 0.6) is 5.75 Å². The van der Waals surface area contributed by atoms with Crippen molar-refractivity contribution in [1.82, 2.24) is 5.32 Å². The van der Waals surface area contributed by atoms with Crippen molar-refractivity contribution in [2.75, 3.05) is 12.5 Å². The van der Waals surface area contributed by atoms with E-state index in [0.717, 1.165) is 54.7 Å². The summed E-state index contributed by atoms with van der Waals surface area (Å²) in [4.78, 5) is 0. The zero-order valence-corrected chi connectivity index (χ0v) is 14.1. The Bertz CT molecular complexity index is 520. The van der Waals surface area contributed by atoms with Gasteiger partial charge in [0, 0.05) is 35.0 Å². The van der Waals surface area contributed by atoms with Crippen molar-refractivity contribution in [3.05, 3.63) is 28.3 Å². The Morgan fingerprint density at radius 2 is 2.29 bits per heavy atom. The molecular weight excluding hydrogens is 305 g/mol. The lowest BCUT2D eigenvalue weighted by Gasteiger charge is -2.39. The maximum atomic E-state index is 6.30. The molecule has 1 saturated carbocycles. The molecular formula is C17H23Cl2NO. The monoisotopic (exact) mass is 327 g/mol. The molecule has 4 heteroatoms. The first-order valence-electron chi connectivity index (χ1n) is 7.87. The van der Waals surface area contributed by atoms with Crippen LogP contribution in [0.3, 0.4) is 0 Å². The standard InChI is InChI=1S/C17H23Cl2NO/c1-12-3-2-5-17(9-12,11-18)20-10-14-8-15(19)7-13-4-6-21-16(13)14/h7-8,12,20H,2-6,9-11H2,1H3. The first kappa shape index (κ1) is 15.5. The molecule has 1 aromatic rings. The number of alkyl halides is 1. The van der Waals surface area contributed by atoms with Gasteiger partial charge in [-0.25, -0.2) is 0 Å². The second-order valence-electron chi connectivity index (χ2n) is 6.62. The predicted molar refractivity (Wildman–Crippen MR) is 88.6 cm³/mol. The molecule has 1 fully saturated rings. The number of fused-ring (bicyclic) bond motifs is 1. The van der Waals surface area contributed by atoms with Crippen LogP contribution >= 0.6 is 23.2 Å². The summed E-state index contributed by atoms with van der Waals surface area (Å²) in [5.41, 5.74) is 2.46. The van der Waals surface area contributed by atoms with E-state index >= 15 is 0 Å². The van der Waals surface area contributed by atoms with E-state index in [0.29, 0.717) is 5.88 Å².